The van der Waals surface area contributed by atoms with Gasteiger partial charge in [0.1, 0.15) is 18.1 Å². The summed E-state index contributed by atoms with van der Waals surface area (Å²) in [5.41, 5.74) is 4.56. The molecule has 796 valence electrons. The van der Waals surface area contributed by atoms with Crippen LogP contribution in [-0.4, -0.2) is 421 Å². The van der Waals surface area contributed by atoms with Crippen LogP contribution >= 0.6 is 0 Å². The van der Waals surface area contributed by atoms with Gasteiger partial charge in [0.05, 0.1) is 344 Å². The smallest absolute Gasteiger partial charge is 0.408 e. The van der Waals surface area contributed by atoms with E-state index in [0.29, 0.717) is 343 Å². The molecule has 1 aromatic carbocycles. The number of ether oxygens (including phenoxy) is 27. The minimum absolute atomic E-state index is 0.0102. The second kappa shape index (κ2) is 105. The van der Waals surface area contributed by atoms with Crippen LogP contribution in [-0.2, 0) is 163 Å². The van der Waals surface area contributed by atoms with Gasteiger partial charge in [0.25, 0.3) is 0 Å². The van der Waals surface area contributed by atoms with Crippen molar-refractivity contribution in [2.75, 3.05) is 363 Å². The molecule has 5 amide bonds. The zero-order valence-electron chi connectivity index (χ0n) is 82.2. The van der Waals surface area contributed by atoms with Gasteiger partial charge in [0.2, 0.25) is 23.6 Å². The number of hydrogen-bond acceptors (Lipinski definition) is 34. The van der Waals surface area contributed by atoms with Gasteiger partial charge in [-0.2, -0.15) is 0 Å². The van der Waals surface area contributed by atoms with Crippen LogP contribution in [0.1, 0.15) is 160 Å². The Hall–Kier alpha value is -5.73. The molecule has 0 bridgehead atoms. The number of nitrogens with two attached hydrogens (primary N) is 1. The van der Waals surface area contributed by atoms with E-state index in [1.807, 2.05) is 18.2 Å². The van der Waals surface area contributed by atoms with Gasteiger partial charge in [0, 0.05) is 38.9 Å². The number of amides is 5. The molecule has 0 spiro atoms. The molecule has 0 saturated carbocycles. The van der Waals surface area contributed by atoms with Crippen LogP contribution in [0.2, 0.25) is 0 Å². The predicted molar refractivity (Wildman–Crippen MR) is 503 cm³/mol. The number of primary amides is 1. The van der Waals surface area contributed by atoms with Gasteiger partial charge in [-0.25, -0.2) is 4.79 Å². The van der Waals surface area contributed by atoms with E-state index < -0.39 is 47.2 Å². The van der Waals surface area contributed by atoms with E-state index in [-0.39, 0.29) is 90.9 Å². The molecule has 2 atom stereocenters. The number of carboxylic acid groups (broad SMARTS) is 2. The topological polar surface area (TPSA) is 483 Å². The predicted octanol–water partition coefficient (Wildman–Crippen LogP) is 6.69. The summed E-state index contributed by atoms with van der Waals surface area (Å²) in [4.78, 5) is 85.5. The highest BCUT2D eigenvalue weighted by Crippen LogP contribution is 2.33. The molecule has 0 heterocycles. The van der Waals surface area contributed by atoms with Crippen LogP contribution in [0.3, 0.4) is 0 Å². The molecule has 0 aliphatic heterocycles. The van der Waals surface area contributed by atoms with Gasteiger partial charge >= 0.3 is 18.0 Å². The largest absolute Gasteiger partial charge is 0.481 e. The molecule has 0 aromatic heterocycles. The third kappa shape index (κ3) is 93.2. The number of carbonyl (C=O) groups is 7. The van der Waals surface area contributed by atoms with Crippen LogP contribution in [0.5, 0.6) is 0 Å². The van der Waals surface area contributed by atoms with E-state index in [4.69, 9.17) is 139 Å². The number of carboxylic acids is 2. The summed E-state index contributed by atoms with van der Waals surface area (Å²) < 4.78 is 149. The van der Waals surface area contributed by atoms with Gasteiger partial charge in [0.15, 0.2) is 0 Å². The Morgan fingerprint density at radius 2 is 0.544 bits per heavy atom. The first-order valence-electron chi connectivity index (χ1n) is 49.5. The molecule has 8 N–H and O–H groups in total. The lowest BCUT2D eigenvalue weighted by Crippen LogP contribution is -2.48. The highest BCUT2D eigenvalue weighted by molar-refractivity contribution is 6.02. The van der Waals surface area contributed by atoms with Crippen LogP contribution in [0.15, 0.2) is 30.3 Å². The van der Waals surface area contributed by atoms with Crippen molar-refractivity contribution in [3.8, 4) is 0 Å². The lowest BCUT2D eigenvalue weighted by atomic mass is 9.76. The maximum absolute atomic E-state index is 13.6. The molecular weight excluding hydrogens is 1790 g/mol. The van der Waals surface area contributed by atoms with Crippen LogP contribution in [0.25, 0.3) is 0 Å². The fourth-order valence-electron chi connectivity index (χ4n) is 12.4. The number of hydrogen-bond donors (Lipinski definition) is 7. The van der Waals surface area contributed by atoms with Crippen molar-refractivity contribution in [2.24, 2.45) is 11.1 Å². The fourth-order valence-corrected chi connectivity index (χ4v) is 12.4. The average Bonchev–Trinajstić information content (AvgIpc) is 0.815. The Kier molecular flexibility index (Phi) is 99.1. The standard InChI is InChI=1S/C95H175N5O36/c1-2-3-4-5-6-8-11-14-20-28-95(93(107)108,29-21-15-12-9-7-10-13-19-24-90(103)104)92(106)99-32-36-113-40-42-115-44-46-117-48-50-119-52-54-121-56-58-123-60-62-125-64-66-127-68-70-129-72-74-131-76-78-133-80-82-135-84-83-134-81-79-132-77-75-130-73-71-128-69-67-126-65-63-124-61-59-122-57-55-120-53-51-118-49-47-116-45-43-114-41-37-110-33-27-89(102)97-30-34-111-38-39-112-35-31-98-91(105)87(25-26-88(96)101)100-94(109)136-85-86-22-17-16-18-23-86/h16-18,22-23,87H,2-15,19-21,24-85H2,1H3,(H2,96,101)(H,97,102)(H,98,105)(H,99,106)(H,100,109)(H,103,104)(H,107,108). The lowest BCUT2D eigenvalue weighted by Gasteiger charge is -2.28. The first kappa shape index (κ1) is 128. The number of nitrogens with one attached hydrogen (secondary N) is 4. The van der Waals surface area contributed by atoms with Gasteiger partial charge < -0.3 is 165 Å². The summed E-state index contributed by atoms with van der Waals surface area (Å²) in [7, 11) is 0. The lowest BCUT2D eigenvalue weighted by molar-refractivity contribution is -0.157. The van der Waals surface area contributed by atoms with Gasteiger partial charge in [-0.15, -0.1) is 0 Å². The van der Waals surface area contributed by atoms with E-state index in [0.717, 1.165) is 63.4 Å². The second-order valence-corrected chi connectivity index (χ2v) is 31.0. The summed E-state index contributed by atoms with van der Waals surface area (Å²) in [6.07, 6.45) is 17.2. The molecule has 0 fully saturated rings. The quantitative estimate of drug-likeness (QED) is 0.0263. The monoisotopic (exact) mass is 1960 g/mol. The number of rotatable bonds is 114. The zero-order chi connectivity index (χ0) is 98.0. The summed E-state index contributed by atoms with van der Waals surface area (Å²) in [5, 5.41) is 30.1. The third-order valence-electron chi connectivity index (χ3n) is 19.8. The van der Waals surface area contributed by atoms with E-state index in [1.165, 1.54) is 32.1 Å². The van der Waals surface area contributed by atoms with E-state index in [1.54, 1.807) is 12.1 Å². The van der Waals surface area contributed by atoms with Crippen molar-refractivity contribution in [1.82, 2.24) is 21.3 Å². The molecule has 0 saturated heterocycles. The number of aliphatic carboxylic acids is 2. The van der Waals surface area contributed by atoms with Crippen LogP contribution < -0.4 is 27.0 Å². The Morgan fingerprint density at radius 3 is 0.816 bits per heavy atom. The minimum atomic E-state index is -1.46. The molecule has 136 heavy (non-hydrogen) atoms. The van der Waals surface area contributed by atoms with E-state index >= 15 is 0 Å². The van der Waals surface area contributed by atoms with E-state index in [9.17, 15) is 38.7 Å². The average molecular weight is 1960 g/mol. The molecule has 41 nitrogen and oxygen atoms in total. The zero-order valence-corrected chi connectivity index (χ0v) is 82.2. The number of unbranched alkanes of at least 4 members (excludes halogenated alkanes) is 15. The Balaban J connectivity index is 1.72. The van der Waals surface area contributed by atoms with Gasteiger partial charge in [-0.1, -0.05) is 140 Å². The van der Waals surface area contributed by atoms with Gasteiger partial charge in [-0.3, -0.25) is 28.8 Å². The Labute approximate surface area is 808 Å². The van der Waals surface area contributed by atoms with Crippen molar-refractivity contribution >= 4 is 41.7 Å². The van der Waals surface area contributed by atoms with Crippen molar-refractivity contribution in [3.63, 3.8) is 0 Å². The molecule has 1 aromatic rings. The highest BCUT2D eigenvalue weighted by atomic mass is 16.6. The Bertz CT molecular complexity index is 2780. The van der Waals surface area contributed by atoms with Crippen LogP contribution in [0.4, 0.5) is 4.79 Å². The molecule has 2 unspecified atom stereocenters. The minimum Gasteiger partial charge on any atom is -0.481 e. The second-order valence-electron chi connectivity index (χ2n) is 31.0. The summed E-state index contributed by atoms with van der Waals surface area (Å²) in [6, 6.07) is 8.04. The SMILES string of the molecule is CCCCCCCCCCCC(CCCCCCCCCCC(=O)O)(C(=O)O)C(=O)NCCOCCOCCOCCOCCOCCOCCOCCOCCOCCOCCOCCOCCOCCOCCOCCOCCOCCOCCOCCOCCOCCOCCOCCOCCC(=O)NCCOCCOCCNC(=O)C(CCC(N)=O)NC(=O)OCc1ccccc1. The first-order valence-corrected chi connectivity index (χ1v) is 49.5. The maximum Gasteiger partial charge on any atom is 0.408 e. The molecular formula is C95H175N5O36. The van der Waals surface area contributed by atoms with Crippen molar-refractivity contribution in [1.29, 1.82) is 0 Å². The normalized spacial score (nSPS) is 12.2. The van der Waals surface area contributed by atoms with Crippen molar-refractivity contribution in [3.05, 3.63) is 35.9 Å². The first-order chi connectivity index (χ1) is 66.9. The fraction of sp³-hybridized carbons (Fsp3) is 0.863. The summed E-state index contributed by atoms with van der Waals surface area (Å²) >= 11 is 0. The molecule has 41 heteroatoms. The number of benzene rings is 1. The molecule has 1 rings (SSSR count). The van der Waals surface area contributed by atoms with E-state index in [2.05, 4.69) is 28.2 Å². The molecule has 0 aliphatic carbocycles. The van der Waals surface area contributed by atoms with Crippen LogP contribution in [0, 0.1) is 5.41 Å². The molecule has 0 radical (unpaired) electrons. The van der Waals surface area contributed by atoms with Crippen molar-refractivity contribution in [2.45, 2.75) is 167 Å². The molecule has 0 aliphatic rings. The third-order valence-corrected chi connectivity index (χ3v) is 19.8. The number of alkyl carbamates (subject to hydrolysis) is 1. The number of carbonyl (C=O) groups excluding carboxylic acids is 5. The highest BCUT2D eigenvalue weighted by Gasteiger charge is 2.45. The van der Waals surface area contributed by atoms with Gasteiger partial charge in [-0.05, 0) is 31.2 Å². The Morgan fingerprint density at radius 1 is 0.294 bits per heavy atom. The maximum atomic E-state index is 13.6. The summed E-state index contributed by atoms with van der Waals surface area (Å²) in [6.45, 7) is 24.6. The van der Waals surface area contributed by atoms with Crippen molar-refractivity contribution < 1.29 is 172 Å². The summed E-state index contributed by atoms with van der Waals surface area (Å²) in [5.74, 6) is -3.52.